The lowest BCUT2D eigenvalue weighted by Crippen LogP contribution is -2.59. The SMILES string of the molecule is N#Cc1ccc2c(c1)[nH]c(=O)n2[C@H]1CCN(C(=O)OC2C3CC4CC2CC(C(N)=O)(C4)C3)C1. The van der Waals surface area contributed by atoms with Crippen LogP contribution in [0.15, 0.2) is 23.0 Å². The number of likely N-dealkylation sites (tertiary alicyclic amines) is 1. The number of carbonyl (C=O) groups excluding carboxylic acids is 2. The number of nitrogens with one attached hydrogen (secondary N) is 1. The summed E-state index contributed by atoms with van der Waals surface area (Å²) in [5, 5.41) is 9.10. The first kappa shape index (κ1) is 20.3. The molecule has 0 radical (unpaired) electrons. The third-order valence-corrected chi connectivity index (χ3v) is 8.58. The number of ether oxygens (including phenoxy) is 1. The number of amides is 2. The molecule has 2 aromatic rings. The average molecular weight is 450 g/mol. The molecule has 4 aliphatic carbocycles. The molecule has 2 heterocycles. The lowest BCUT2D eigenvalue weighted by molar-refractivity contribution is -0.161. The minimum absolute atomic E-state index is 0.150. The Bertz CT molecular complexity index is 1240. The maximum absolute atomic E-state index is 13.1. The summed E-state index contributed by atoms with van der Waals surface area (Å²) < 4.78 is 7.74. The molecule has 1 aromatic heterocycles. The number of aromatic amines is 1. The van der Waals surface area contributed by atoms with E-state index in [4.69, 9.17) is 15.7 Å². The molecule has 1 aliphatic heterocycles. The highest BCUT2D eigenvalue weighted by Crippen LogP contribution is 2.60. The van der Waals surface area contributed by atoms with E-state index in [9.17, 15) is 14.4 Å². The molecule has 33 heavy (non-hydrogen) atoms. The van der Waals surface area contributed by atoms with Crippen molar-refractivity contribution < 1.29 is 14.3 Å². The Labute approximate surface area is 190 Å². The number of nitriles is 1. The Balaban J connectivity index is 1.16. The molecule has 2 unspecified atom stereocenters. The zero-order chi connectivity index (χ0) is 22.9. The quantitative estimate of drug-likeness (QED) is 0.741. The number of fused-ring (bicyclic) bond motifs is 1. The number of carbonyl (C=O) groups is 2. The number of nitrogens with two attached hydrogens (primary N) is 1. The van der Waals surface area contributed by atoms with Crippen molar-refractivity contribution in [2.75, 3.05) is 13.1 Å². The van der Waals surface area contributed by atoms with Gasteiger partial charge in [0.25, 0.3) is 0 Å². The highest BCUT2D eigenvalue weighted by molar-refractivity contribution is 5.81. The second-order valence-electron chi connectivity index (χ2n) is 10.5. The Morgan fingerprint density at radius 1 is 1.21 bits per heavy atom. The van der Waals surface area contributed by atoms with Gasteiger partial charge in [0.15, 0.2) is 0 Å². The van der Waals surface area contributed by atoms with Crippen LogP contribution >= 0.6 is 0 Å². The second kappa shape index (κ2) is 7.11. The van der Waals surface area contributed by atoms with Crippen LogP contribution in [-0.4, -0.2) is 45.6 Å². The van der Waals surface area contributed by atoms with Gasteiger partial charge in [0.05, 0.1) is 34.1 Å². The molecule has 9 heteroatoms. The van der Waals surface area contributed by atoms with E-state index in [1.165, 1.54) is 0 Å². The van der Waals surface area contributed by atoms with Gasteiger partial charge >= 0.3 is 11.8 Å². The second-order valence-corrected chi connectivity index (χ2v) is 10.5. The number of hydrogen-bond donors (Lipinski definition) is 2. The molecular weight excluding hydrogens is 422 g/mol. The van der Waals surface area contributed by atoms with E-state index in [-0.39, 0.29) is 41.7 Å². The summed E-state index contributed by atoms with van der Waals surface area (Å²) in [4.78, 5) is 42.4. The van der Waals surface area contributed by atoms with E-state index >= 15 is 0 Å². The molecule has 172 valence electrons. The summed E-state index contributed by atoms with van der Waals surface area (Å²) in [5.41, 5.74) is 6.97. The molecule has 1 saturated heterocycles. The maximum atomic E-state index is 13.1. The molecular formula is C24H27N5O4. The van der Waals surface area contributed by atoms with Crippen LogP contribution in [0.4, 0.5) is 4.79 Å². The van der Waals surface area contributed by atoms with Crippen LogP contribution in [0.25, 0.3) is 11.0 Å². The third kappa shape index (κ3) is 3.07. The van der Waals surface area contributed by atoms with Crippen LogP contribution in [0, 0.1) is 34.5 Å². The number of hydrogen-bond acceptors (Lipinski definition) is 5. The first-order valence-electron chi connectivity index (χ1n) is 11.8. The highest BCUT2D eigenvalue weighted by atomic mass is 16.6. The van der Waals surface area contributed by atoms with Gasteiger partial charge in [-0.05, 0) is 74.5 Å². The van der Waals surface area contributed by atoms with Crippen molar-refractivity contribution in [1.29, 1.82) is 5.26 Å². The number of H-pyrrole nitrogens is 1. The largest absolute Gasteiger partial charge is 0.446 e. The lowest BCUT2D eigenvalue weighted by atomic mass is 9.48. The standard InChI is InChI=1S/C24H27N5O4/c25-11-13-1-2-19-18(7-13)27-22(31)29(19)17-3-4-28(12-17)23(32)33-20-15-5-14-6-16(20)10-24(8-14,9-15)21(26)30/h1-2,7,14-17,20H,3-6,8-10,12H2,(H2,26,30)(H,27,31)/t14?,15?,16?,17-,20?,24?/m0/s1. The molecule has 7 rings (SSSR count). The Hall–Kier alpha value is -3.28. The molecule has 5 aliphatic rings. The summed E-state index contributed by atoms with van der Waals surface area (Å²) in [5.74, 6) is 0.727. The van der Waals surface area contributed by atoms with Crippen LogP contribution in [0.2, 0.25) is 0 Å². The number of imidazole rings is 1. The minimum Gasteiger partial charge on any atom is -0.446 e. The van der Waals surface area contributed by atoms with Crippen LogP contribution in [0.5, 0.6) is 0 Å². The predicted molar refractivity (Wildman–Crippen MR) is 118 cm³/mol. The summed E-state index contributed by atoms with van der Waals surface area (Å²) in [6, 6.07) is 7.07. The van der Waals surface area contributed by atoms with Gasteiger partial charge in [0.1, 0.15) is 6.10 Å². The first-order valence-corrected chi connectivity index (χ1v) is 11.8. The monoisotopic (exact) mass is 449 g/mol. The highest BCUT2D eigenvalue weighted by Gasteiger charge is 2.59. The third-order valence-electron chi connectivity index (χ3n) is 8.58. The smallest absolute Gasteiger partial charge is 0.410 e. The summed E-state index contributed by atoms with van der Waals surface area (Å²) in [6.07, 6.45) is 4.52. The fraction of sp³-hybridized carbons (Fsp3) is 0.583. The van der Waals surface area contributed by atoms with E-state index in [1.807, 2.05) is 0 Å². The van der Waals surface area contributed by atoms with E-state index in [2.05, 4.69) is 11.1 Å². The molecule has 4 saturated carbocycles. The van der Waals surface area contributed by atoms with Crippen molar-refractivity contribution in [2.45, 2.75) is 50.7 Å². The number of benzene rings is 1. The van der Waals surface area contributed by atoms with Crippen LogP contribution in [-0.2, 0) is 9.53 Å². The zero-order valence-corrected chi connectivity index (χ0v) is 18.3. The van der Waals surface area contributed by atoms with Crippen molar-refractivity contribution in [3.63, 3.8) is 0 Å². The predicted octanol–water partition coefficient (Wildman–Crippen LogP) is 2.26. The van der Waals surface area contributed by atoms with Crippen LogP contribution in [0.1, 0.15) is 50.1 Å². The van der Waals surface area contributed by atoms with E-state index in [1.54, 1.807) is 27.7 Å². The Morgan fingerprint density at radius 3 is 2.67 bits per heavy atom. The lowest BCUT2D eigenvalue weighted by Gasteiger charge is -2.58. The average Bonchev–Trinajstić information content (AvgIpc) is 3.38. The first-order chi connectivity index (χ1) is 15.9. The number of aromatic nitrogens is 2. The summed E-state index contributed by atoms with van der Waals surface area (Å²) >= 11 is 0. The van der Waals surface area contributed by atoms with Gasteiger partial charge in [-0.3, -0.25) is 9.36 Å². The fourth-order valence-electron chi connectivity index (χ4n) is 7.34. The van der Waals surface area contributed by atoms with Crippen molar-refractivity contribution in [3.8, 4) is 6.07 Å². The van der Waals surface area contributed by atoms with Gasteiger partial charge in [-0.25, -0.2) is 9.59 Å². The maximum Gasteiger partial charge on any atom is 0.410 e. The fourth-order valence-corrected chi connectivity index (χ4v) is 7.34. The number of primary amides is 1. The van der Waals surface area contributed by atoms with Gasteiger partial charge in [0, 0.05) is 13.1 Å². The minimum atomic E-state index is -0.403. The van der Waals surface area contributed by atoms with E-state index in [0.29, 0.717) is 36.5 Å². The van der Waals surface area contributed by atoms with Crippen LogP contribution in [0.3, 0.4) is 0 Å². The molecule has 5 fully saturated rings. The molecule has 9 nitrogen and oxygen atoms in total. The van der Waals surface area contributed by atoms with Gasteiger partial charge in [-0.2, -0.15) is 5.26 Å². The van der Waals surface area contributed by atoms with Gasteiger partial charge < -0.3 is 20.4 Å². The number of rotatable bonds is 3. The normalized spacial score (nSPS) is 34.5. The van der Waals surface area contributed by atoms with Crippen molar-refractivity contribution in [1.82, 2.24) is 14.5 Å². The van der Waals surface area contributed by atoms with Gasteiger partial charge in [-0.15, -0.1) is 0 Å². The van der Waals surface area contributed by atoms with Gasteiger partial charge in [-0.1, -0.05) is 0 Å². The van der Waals surface area contributed by atoms with Gasteiger partial charge in [0.2, 0.25) is 5.91 Å². The number of nitrogens with zero attached hydrogens (tertiary/aromatic N) is 3. The topological polar surface area (TPSA) is 134 Å². The van der Waals surface area contributed by atoms with Crippen LogP contribution < -0.4 is 11.4 Å². The van der Waals surface area contributed by atoms with Crippen molar-refractivity contribution >= 4 is 23.0 Å². The zero-order valence-electron chi connectivity index (χ0n) is 18.3. The Morgan fingerprint density at radius 2 is 1.97 bits per heavy atom. The summed E-state index contributed by atoms with van der Waals surface area (Å²) in [7, 11) is 0. The molecule has 1 aromatic carbocycles. The Kier molecular flexibility index (Phi) is 4.38. The summed E-state index contributed by atoms with van der Waals surface area (Å²) in [6.45, 7) is 0.927. The molecule has 4 bridgehead atoms. The van der Waals surface area contributed by atoms with E-state index < -0.39 is 5.41 Å². The van der Waals surface area contributed by atoms with E-state index in [0.717, 1.165) is 37.6 Å². The molecule has 3 atom stereocenters. The molecule has 3 N–H and O–H groups in total. The van der Waals surface area contributed by atoms with Crippen molar-refractivity contribution in [2.24, 2.45) is 28.9 Å². The molecule has 0 spiro atoms. The molecule has 2 amide bonds. The van der Waals surface area contributed by atoms with Crippen molar-refractivity contribution in [3.05, 3.63) is 34.2 Å².